The van der Waals surface area contributed by atoms with Gasteiger partial charge in [0, 0.05) is 36.5 Å². The number of anilines is 1. The fourth-order valence-corrected chi connectivity index (χ4v) is 5.39. The maximum atomic E-state index is 11.0. The number of benzene rings is 1. The van der Waals surface area contributed by atoms with Crippen molar-refractivity contribution >= 4 is 35.2 Å². The molecule has 0 unspecified atom stereocenters. The number of likely N-dealkylation sites (tertiary alicyclic amines) is 1. The number of carbonyl (C=O) groups is 1. The zero-order chi connectivity index (χ0) is 22.1. The lowest BCUT2D eigenvalue weighted by atomic mass is 9.94. The maximum absolute atomic E-state index is 11.0. The molecule has 0 aliphatic carbocycles. The molecule has 1 aromatic carbocycles. The summed E-state index contributed by atoms with van der Waals surface area (Å²) in [5, 5.41) is 0.784. The number of carbonyl (C=O) groups excluding carboxylic acids is 1. The van der Waals surface area contributed by atoms with E-state index >= 15 is 0 Å². The molecule has 5 rings (SSSR count). The average molecular weight is 449 g/mol. The van der Waals surface area contributed by atoms with Crippen molar-refractivity contribution in [1.82, 2.24) is 24.4 Å². The monoisotopic (exact) mass is 448 g/mol. The molecule has 2 N–H and O–H groups in total. The van der Waals surface area contributed by atoms with Gasteiger partial charge in [-0.3, -0.25) is 4.79 Å². The number of amides is 1. The first kappa shape index (κ1) is 20.6. The van der Waals surface area contributed by atoms with Gasteiger partial charge in [0.2, 0.25) is 6.41 Å². The molecule has 0 bridgehead atoms. The van der Waals surface area contributed by atoms with E-state index in [1.165, 1.54) is 18.1 Å². The normalized spacial score (nSPS) is 16.0. The number of fused-ring (bicyclic) bond motifs is 2. The summed E-state index contributed by atoms with van der Waals surface area (Å²) < 4.78 is 7.86. The van der Waals surface area contributed by atoms with Gasteiger partial charge in [0.25, 0.3) is 0 Å². The first-order valence-electron chi connectivity index (χ1n) is 10.8. The van der Waals surface area contributed by atoms with Crippen LogP contribution in [0.15, 0.2) is 28.5 Å². The van der Waals surface area contributed by atoms with Gasteiger partial charge in [-0.15, -0.1) is 6.42 Å². The highest BCUT2D eigenvalue weighted by Gasteiger charge is 2.22. The molecule has 1 fully saturated rings. The lowest BCUT2D eigenvalue weighted by molar-refractivity contribution is -0.119. The minimum Gasteiger partial charge on any atom is -0.493 e. The number of terminal acetylenes is 1. The van der Waals surface area contributed by atoms with Gasteiger partial charge in [-0.05, 0) is 42.9 Å². The number of rotatable bonds is 6. The molecule has 164 valence electrons. The first-order chi connectivity index (χ1) is 15.7. The lowest BCUT2D eigenvalue weighted by Crippen LogP contribution is -2.32. The van der Waals surface area contributed by atoms with Gasteiger partial charge in [-0.25, -0.2) is 15.0 Å². The quantitative estimate of drug-likeness (QED) is 0.457. The molecule has 0 radical (unpaired) electrons. The van der Waals surface area contributed by atoms with Crippen LogP contribution in [0.3, 0.4) is 0 Å². The molecular weight excluding hydrogens is 424 g/mol. The van der Waals surface area contributed by atoms with E-state index in [1.807, 2.05) is 17.0 Å². The van der Waals surface area contributed by atoms with Crippen molar-refractivity contribution in [2.24, 2.45) is 5.92 Å². The average Bonchev–Trinajstić information content (AvgIpc) is 3.42. The van der Waals surface area contributed by atoms with Gasteiger partial charge in [-0.2, -0.15) is 0 Å². The molecule has 2 aliphatic heterocycles. The second-order valence-corrected chi connectivity index (χ2v) is 9.16. The van der Waals surface area contributed by atoms with E-state index in [1.54, 1.807) is 0 Å². The van der Waals surface area contributed by atoms with Crippen LogP contribution >= 0.6 is 11.8 Å². The Bertz CT molecular complexity index is 1210. The lowest BCUT2D eigenvalue weighted by Gasteiger charge is -2.29. The van der Waals surface area contributed by atoms with E-state index in [4.69, 9.17) is 21.9 Å². The van der Waals surface area contributed by atoms with E-state index in [0.717, 1.165) is 84.3 Å². The minimum atomic E-state index is 0.365. The molecule has 0 saturated carbocycles. The van der Waals surface area contributed by atoms with Crippen molar-refractivity contribution < 1.29 is 9.53 Å². The van der Waals surface area contributed by atoms with Gasteiger partial charge in [0.15, 0.2) is 22.1 Å². The summed E-state index contributed by atoms with van der Waals surface area (Å²) in [7, 11) is 0. The van der Waals surface area contributed by atoms with E-state index in [0.29, 0.717) is 23.9 Å². The number of aryl methyl sites for hydroxylation is 1. The van der Waals surface area contributed by atoms with Gasteiger partial charge in [-0.1, -0.05) is 17.7 Å². The maximum Gasteiger partial charge on any atom is 0.209 e. The summed E-state index contributed by atoms with van der Waals surface area (Å²) in [5.74, 6) is 4.61. The number of hydrogen-bond acceptors (Lipinski definition) is 7. The Morgan fingerprint density at radius 2 is 2.16 bits per heavy atom. The number of nitrogens with two attached hydrogens (primary N) is 1. The van der Waals surface area contributed by atoms with Crippen molar-refractivity contribution in [3.05, 3.63) is 29.6 Å². The Labute approximate surface area is 190 Å². The molecule has 3 aromatic rings. The first-order valence-corrected chi connectivity index (χ1v) is 11.6. The fourth-order valence-electron chi connectivity index (χ4n) is 4.37. The third-order valence-corrected chi connectivity index (χ3v) is 7.28. The number of ether oxygens (including phenoxy) is 1. The van der Waals surface area contributed by atoms with E-state index in [9.17, 15) is 4.79 Å². The van der Waals surface area contributed by atoms with Crippen molar-refractivity contribution in [1.29, 1.82) is 0 Å². The van der Waals surface area contributed by atoms with Crippen LogP contribution in [-0.2, 0) is 17.8 Å². The molecule has 2 aromatic heterocycles. The Morgan fingerprint density at radius 3 is 2.94 bits per heavy atom. The summed E-state index contributed by atoms with van der Waals surface area (Å²) in [5.41, 5.74) is 9.41. The van der Waals surface area contributed by atoms with E-state index in [2.05, 4.69) is 20.5 Å². The number of piperidine rings is 1. The van der Waals surface area contributed by atoms with Crippen LogP contribution in [0.1, 0.15) is 30.4 Å². The highest BCUT2D eigenvalue weighted by molar-refractivity contribution is 7.99. The van der Waals surface area contributed by atoms with Crippen LogP contribution in [0.4, 0.5) is 5.82 Å². The van der Waals surface area contributed by atoms with Crippen LogP contribution in [0.2, 0.25) is 0 Å². The van der Waals surface area contributed by atoms with Gasteiger partial charge in [0.05, 0.1) is 6.61 Å². The number of nitrogens with zero attached hydrogens (tertiary/aromatic N) is 5. The number of hydrogen-bond donors (Lipinski definition) is 1. The van der Waals surface area contributed by atoms with E-state index in [-0.39, 0.29) is 0 Å². The highest BCUT2D eigenvalue weighted by atomic mass is 32.2. The zero-order valence-corrected chi connectivity index (χ0v) is 18.5. The van der Waals surface area contributed by atoms with Crippen LogP contribution in [0.25, 0.3) is 11.2 Å². The molecule has 0 atom stereocenters. The van der Waals surface area contributed by atoms with Crippen molar-refractivity contribution in [2.45, 2.75) is 42.3 Å². The van der Waals surface area contributed by atoms with Gasteiger partial charge < -0.3 is 19.9 Å². The molecule has 32 heavy (non-hydrogen) atoms. The fraction of sp³-hybridized carbons (Fsp3) is 0.391. The largest absolute Gasteiger partial charge is 0.493 e. The zero-order valence-electron chi connectivity index (χ0n) is 17.7. The third-order valence-electron chi connectivity index (χ3n) is 6.23. The van der Waals surface area contributed by atoms with Gasteiger partial charge >= 0.3 is 0 Å². The predicted molar refractivity (Wildman–Crippen MR) is 122 cm³/mol. The van der Waals surface area contributed by atoms with Crippen LogP contribution < -0.4 is 10.5 Å². The molecule has 1 saturated heterocycles. The summed E-state index contributed by atoms with van der Waals surface area (Å²) in [4.78, 5) is 27.1. The second-order valence-electron chi connectivity index (χ2n) is 8.15. The summed E-state index contributed by atoms with van der Waals surface area (Å²) in [6, 6.07) is 4.04. The Morgan fingerprint density at radius 1 is 1.31 bits per heavy atom. The number of nitrogen functional groups attached to an aromatic ring is 1. The van der Waals surface area contributed by atoms with Crippen LogP contribution in [0, 0.1) is 18.3 Å². The smallest absolute Gasteiger partial charge is 0.209 e. The van der Waals surface area contributed by atoms with Crippen LogP contribution in [0.5, 0.6) is 5.75 Å². The predicted octanol–water partition coefficient (Wildman–Crippen LogP) is 2.73. The molecule has 1 amide bonds. The summed E-state index contributed by atoms with van der Waals surface area (Å²) in [6.45, 7) is 3.07. The van der Waals surface area contributed by atoms with E-state index < -0.39 is 0 Å². The third kappa shape index (κ3) is 3.86. The van der Waals surface area contributed by atoms with Crippen LogP contribution in [-0.4, -0.2) is 50.5 Å². The SMILES string of the molecule is C#Cc1cc2c(cc1Sc1nc3c(N)ncnc3n1CCC1CCN(C=O)CC1)OCC2. The highest BCUT2D eigenvalue weighted by Crippen LogP contribution is 2.38. The van der Waals surface area contributed by atoms with Crippen molar-refractivity contribution in [2.75, 3.05) is 25.4 Å². The molecular formula is C23H24N6O2S. The standard InChI is InChI=1S/C23H24N6O2S/c1-2-16-11-17-6-10-31-18(17)12-19(16)32-23-27-20-21(24)25-13-26-22(20)29(23)9-5-15-3-7-28(14-30)8-4-15/h1,11-15H,3-10H2,(H2,24,25,26). The summed E-state index contributed by atoms with van der Waals surface area (Å²) >= 11 is 1.51. The topological polar surface area (TPSA) is 99.2 Å². The second kappa shape index (κ2) is 8.71. The van der Waals surface area contributed by atoms with Gasteiger partial charge in [0.1, 0.15) is 12.1 Å². The minimum absolute atomic E-state index is 0.365. The number of aromatic nitrogens is 4. The Hall–Kier alpha value is -3.25. The Balaban J connectivity index is 1.45. The molecule has 2 aliphatic rings. The number of imidazole rings is 1. The molecule has 9 heteroatoms. The van der Waals surface area contributed by atoms with Crippen molar-refractivity contribution in [3.8, 4) is 18.1 Å². The summed E-state index contributed by atoms with van der Waals surface area (Å²) in [6.07, 6.45) is 12.1. The molecule has 8 nitrogen and oxygen atoms in total. The Kier molecular flexibility index (Phi) is 5.62. The molecule has 0 spiro atoms. The van der Waals surface area contributed by atoms with Crippen molar-refractivity contribution in [3.63, 3.8) is 0 Å². The molecule has 4 heterocycles.